The van der Waals surface area contributed by atoms with Crippen LogP contribution in [0.4, 0.5) is 0 Å². The molecule has 1 rings (SSSR count). The summed E-state index contributed by atoms with van der Waals surface area (Å²) in [4.78, 5) is 44.4. The summed E-state index contributed by atoms with van der Waals surface area (Å²) in [6, 6.07) is 10.3. The number of hydrogen-bond acceptors (Lipinski definition) is 6. The minimum atomic E-state index is -1.23. The average Bonchev–Trinajstić information content (AvgIpc) is 2.51. The minimum absolute atomic E-state index is 0.0703. The van der Waals surface area contributed by atoms with E-state index in [-0.39, 0.29) is 13.1 Å². The Hall–Kier alpha value is -2.98. The summed E-state index contributed by atoms with van der Waals surface area (Å²) in [5.41, 5.74) is 1.32. The van der Waals surface area contributed by atoms with Crippen LogP contribution in [0.25, 0.3) is 0 Å². The Bertz CT molecular complexity index is 553. The Morgan fingerprint density at radius 3 is 1.15 bits per heavy atom. The highest BCUT2D eigenvalue weighted by Crippen LogP contribution is 1.94. The van der Waals surface area contributed by atoms with Gasteiger partial charge in [-0.05, 0) is 6.92 Å². The van der Waals surface area contributed by atoms with Crippen LogP contribution in [0.15, 0.2) is 30.3 Å². The summed E-state index contributed by atoms with van der Waals surface area (Å²) >= 11 is 0. The summed E-state index contributed by atoms with van der Waals surface area (Å²) < 4.78 is 0. The van der Waals surface area contributed by atoms with Crippen LogP contribution in [0.1, 0.15) is 5.56 Å². The average molecular weight is 384 g/mol. The van der Waals surface area contributed by atoms with Gasteiger partial charge in [-0.2, -0.15) is 0 Å². The van der Waals surface area contributed by atoms with Crippen LogP contribution in [-0.2, 0) is 19.2 Å². The number of nitrogens with zero attached hydrogens (tertiary/aromatic N) is 2. The number of benzene rings is 1. The van der Waals surface area contributed by atoms with Gasteiger partial charge in [0.15, 0.2) is 0 Å². The molecule has 0 unspecified atom stereocenters. The Morgan fingerprint density at radius 1 is 0.667 bits per heavy atom. The number of aryl methyl sites for hydroxylation is 1. The van der Waals surface area contributed by atoms with Gasteiger partial charge < -0.3 is 20.4 Å². The molecule has 4 N–H and O–H groups in total. The van der Waals surface area contributed by atoms with Gasteiger partial charge in [0.2, 0.25) is 0 Å². The molecule has 0 saturated heterocycles. The monoisotopic (exact) mass is 384 g/mol. The fourth-order valence-corrected chi connectivity index (χ4v) is 2.01. The van der Waals surface area contributed by atoms with E-state index in [1.165, 1.54) is 5.56 Å². The maximum absolute atomic E-state index is 10.6. The van der Waals surface area contributed by atoms with Crippen LogP contribution in [-0.4, -0.2) is 93.4 Å². The van der Waals surface area contributed by atoms with Gasteiger partial charge in [0.25, 0.3) is 0 Å². The third-order valence-electron chi connectivity index (χ3n) is 3.11. The molecular formula is C17H24N2O8. The van der Waals surface area contributed by atoms with Crippen molar-refractivity contribution >= 4 is 23.9 Å². The molecule has 0 fully saturated rings. The first-order valence-corrected chi connectivity index (χ1v) is 7.93. The summed E-state index contributed by atoms with van der Waals surface area (Å²) in [5.74, 6) is -4.91. The second kappa shape index (κ2) is 13.3. The van der Waals surface area contributed by atoms with E-state index in [1.807, 2.05) is 18.2 Å². The van der Waals surface area contributed by atoms with Gasteiger partial charge >= 0.3 is 23.9 Å². The lowest BCUT2D eigenvalue weighted by Crippen LogP contribution is -2.43. The zero-order chi connectivity index (χ0) is 20.8. The molecule has 0 spiro atoms. The fourth-order valence-electron chi connectivity index (χ4n) is 2.01. The molecule has 10 heteroatoms. The van der Waals surface area contributed by atoms with Crippen molar-refractivity contribution < 1.29 is 39.6 Å². The lowest BCUT2D eigenvalue weighted by molar-refractivity contribution is -0.145. The van der Waals surface area contributed by atoms with Crippen molar-refractivity contribution in [3.63, 3.8) is 0 Å². The van der Waals surface area contributed by atoms with Gasteiger partial charge in [-0.15, -0.1) is 0 Å². The van der Waals surface area contributed by atoms with Crippen LogP contribution in [0.2, 0.25) is 0 Å². The Kier molecular flexibility index (Phi) is 11.8. The lowest BCUT2D eigenvalue weighted by Gasteiger charge is -2.23. The molecule has 0 heterocycles. The molecule has 0 radical (unpaired) electrons. The highest BCUT2D eigenvalue weighted by Gasteiger charge is 2.17. The first-order valence-electron chi connectivity index (χ1n) is 7.93. The number of rotatable bonds is 11. The second-order valence-electron chi connectivity index (χ2n) is 5.65. The molecule has 27 heavy (non-hydrogen) atoms. The summed E-state index contributed by atoms with van der Waals surface area (Å²) in [7, 11) is 0. The van der Waals surface area contributed by atoms with E-state index in [9.17, 15) is 19.2 Å². The number of hydrogen-bond donors (Lipinski definition) is 4. The molecule has 0 aliphatic rings. The number of aliphatic carboxylic acids is 4. The predicted octanol–water partition coefficient (Wildman–Crippen LogP) is -0.0762. The van der Waals surface area contributed by atoms with E-state index in [4.69, 9.17) is 20.4 Å². The number of carbonyl (C=O) groups is 4. The molecule has 10 nitrogen and oxygen atoms in total. The molecule has 1 aromatic carbocycles. The van der Waals surface area contributed by atoms with Crippen molar-refractivity contribution in [1.29, 1.82) is 0 Å². The lowest BCUT2D eigenvalue weighted by atomic mass is 10.2. The number of carboxylic acids is 4. The zero-order valence-corrected chi connectivity index (χ0v) is 14.9. The van der Waals surface area contributed by atoms with E-state index in [0.717, 1.165) is 9.80 Å². The summed E-state index contributed by atoms with van der Waals surface area (Å²) in [6.07, 6.45) is 0. The Balaban J connectivity index is 0.000000797. The third-order valence-corrected chi connectivity index (χ3v) is 3.11. The maximum atomic E-state index is 10.6. The van der Waals surface area contributed by atoms with E-state index >= 15 is 0 Å². The van der Waals surface area contributed by atoms with Crippen molar-refractivity contribution in [3.05, 3.63) is 35.9 Å². The summed E-state index contributed by atoms with van der Waals surface area (Å²) in [6.45, 7) is -0.167. The van der Waals surface area contributed by atoms with Crippen LogP contribution >= 0.6 is 0 Å². The molecular weight excluding hydrogens is 360 g/mol. The van der Waals surface area contributed by atoms with Crippen LogP contribution in [0, 0.1) is 6.92 Å². The molecule has 0 aliphatic heterocycles. The molecule has 150 valence electrons. The van der Waals surface area contributed by atoms with Gasteiger partial charge in [0, 0.05) is 13.1 Å². The highest BCUT2D eigenvalue weighted by atomic mass is 16.4. The predicted molar refractivity (Wildman–Crippen MR) is 94.6 cm³/mol. The second-order valence-corrected chi connectivity index (χ2v) is 5.65. The van der Waals surface area contributed by atoms with E-state index in [0.29, 0.717) is 0 Å². The SMILES string of the molecule is Cc1ccccc1.O=C(O)CN(CCN(CC(=O)O)CC(=O)O)CC(=O)O. The van der Waals surface area contributed by atoms with Gasteiger partial charge in [-0.25, -0.2) is 0 Å². The Labute approximate surface area is 156 Å². The minimum Gasteiger partial charge on any atom is -0.480 e. The van der Waals surface area contributed by atoms with Gasteiger partial charge in [0.1, 0.15) is 0 Å². The molecule has 1 aromatic rings. The largest absolute Gasteiger partial charge is 0.480 e. The topological polar surface area (TPSA) is 156 Å². The third kappa shape index (κ3) is 15.0. The normalized spacial score (nSPS) is 10.2. The first-order chi connectivity index (χ1) is 12.6. The van der Waals surface area contributed by atoms with Crippen LogP contribution in [0.5, 0.6) is 0 Å². The molecule has 0 amide bonds. The molecule has 0 saturated carbocycles. The quantitative estimate of drug-likeness (QED) is 0.407. The smallest absolute Gasteiger partial charge is 0.317 e. The van der Waals surface area contributed by atoms with Crippen molar-refractivity contribution in [2.24, 2.45) is 0 Å². The van der Waals surface area contributed by atoms with Crippen molar-refractivity contribution in [2.75, 3.05) is 39.3 Å². The molecule has 0 aliphatic carbocycles. The fraction of sp³-hybridized carbons (Fsp3) is 0.412. The first kappa shape index (κ1) is 24.0. The van der Waals surface area contributed by atoms with Gasteiger partial charge in [-0.1, -0.05) is 35.9 Å². The van der Waals surface area contributed by atoms with Crippen LogP contribution in [0.3, 0.4) is 0 Å². The van der Waals surface area contributed by atoms with Crippen molar-refractivity contribution in [2.45, 2.75) is 6.92 Å². The van der Waals surface area contributed by atoms with Gasteiger partial charge in [0.05, 0.1) is 26.2 Å². The Morgan fingerprint density at radius 2 is 0.963 bits per heavy atom. The van der Waals surface area contributed by atoms with E-state index < -0.39 is 50.1 Å². The maximum Gasteiger partial charge on any atom is 0.317 e. The van der Waals surface area contributed by atoms with Crippen molar-refractivity contribution in [3.8, 4) is 0 Å². The van der Waals surface area contributed by atoms with Crippen molar-refractivity contribution in [1.82, 2.24) is 9.80 Å². The van der Waals surface area contributed by atoms with Gasteiger partial charge in [-0.3, -0.25) is 29.0 Å². The zero-order valence-electron chi connectivity index (χ0n) is 14.9. The highest BCUT2D eigenvalue weighted by molar-refractivity contribution is 5.73. The number of carboxylic acid groups (broad SMARTS) is 4. The van der Waals surface area contributed by atoms with E-state index in [1.54, 1.807) is 0 Å². The summed E-state index contributed by atoms with van der Waals surface area (Å²) in [5, 5.41) is 34.5. The molecule has 0 aromatic heterocycles. The molecule has 0 atom stereocenters. The standard InChI is InChI=1S/C10H16N2O8.C7H8/c13-7(14)3-11(4-8(15)16)1-2-12(5-9(17)18)6-10(19)20;1-7-5-3-2-4-6-7/h1-6H2,(H,13,14)(H,15,16)(H,17,18)(H,19,20);2-6H,1H3. The molecule has 0 bridgehead atoms. The van der Waals surface area contributed by atoms with E-state index in [2.05, 4.69) is 19.1 Å². The van der Waals surface area contributed by atoms with Crippen LogP contribution < -0.4 is 0 Å².